The van der Waals surface area contributed by atoms with Crippen LogP contribution in [-0.2, 0) is 14.9 Å². The van der Waals surface area contributed by atoms with Crippen LogP contribution in [0.1, 0.15) is 26.2 Å². The first-order valence-corrected chi connectivity index (χ1v) is 7.46. The van der Waals surface area contributed by atoms with Crippen LogP contribution in [0.5, 0.6) is 0 Å². The fraction of sp³-hybridized carbons (Fsp3) is 0.900. The Bertz CT molecular complexity index is 385. The normalized spacial score (nSPS) is 25.7. The first-order chi connectivity index (χ1) is 8.44. The van der Waals surface area contributed by atoms with Gasteiger partial charge in [-0.2, -0.15) is 12.7 Å². The van der Waals surface area contributed by atoms with Crippen molar-refractivity contribution in [3.63, 3.8) is 0 Å². The van der Waals surface area contributed by atoms with E-state index < -0.39 is 16.3 Å². The second-order valence-electron chi connectivity index (χ2n) is 4.40. The fourth-order valence-corrected chi connectivity index (χ4v) is 3.54. The molecule has 0 radical (unpaired) electrons. The molecule has 106 valence electrons. The summed E-state index contributed by atoms with van der Waals surface area (Å²) >= 11 is 0. The third kappa shape index (κ3) is 3.56. The lowest BCUT2D eigenvalue weighted by atomic mass is 9.90. The minimum Gasteiger partial charge on any atom is -0.452 e. The summed E-state index contributed by atoms with van der Waals surface area (Å²) in [6.07, 6.45) is 1.54. The molecule has 0 spiro atoms. The maximum atomic E-state index is 12.0. The number of nitrogens with zero attached hydrogens (tertiary/aromatic N) is 1. The van der Waals surface area contributed by atoms with Gasteiger partial charge in [0.25, 0.3) is 0 Å². The van der Waals surface area contributed by atoms with Gasteiger partial charge in [-0.05, 0) is 18.8 Å². The van der Waals surface area contributed by atoms with E-state index in [4.69, 9.17) is 5.73 Å². The summed E-state index contributed by atoms with van der Waals surface area (Å²) in [7, 11) is -2.74. The van der Waals surface area contributed by atoms with Crippen molar-refractivity contribution in [2.24, 2.45) is 11.7 Å². The van der Waals surface area contributed by atoms with Crippen LogP contribution < -0.4 is 10.5 Å². The van der Waals surface area contributed by atoms with E-state index in [2.05, 4.69) is 11.7 Å². The van der Waals surface area contributed by atoms with E-state index in [1.165, 1.54) is 4.31 Å². The van der Waals surface area contributed by atoms with Gasteiger partial charge in [0.1, 0.15) is 0 Å². The molecule has 0 aromatic rings. The first-order valence-electron chi connectivity index (χ1n) is 6.02. The van der Waals surface area contributed by atoms with Gasteiger partial charge in [-0.25, -0.2) is 9.52 Å². The molecule has 1 aliphatic rings. The number of hydrogen-bond donors (Lipinski definition) is 2. The Balaban J connectivity index is 2.78. The molecular formula is C10H21N3O4S. The summed E-state index contributed by atoms with van der Waals surface area (Å²) in [6, 6.07) is -0.258. The number of carbonyl (C=O) groups is 1. The fourth-order valence-electron chi connectivity index (χ4n) is 2.22. The second kappa shape index (κ2) is 6.35. The molecule has 1 aliphatic heterocycles. The molecule has 2 unspecified atom stereocenters. The summed E-state index contributed by atoms with van der Waals surface area (Å²) in [4.78, 5) is 11.0. The van der Waals surface area contributed by atoms with Crippen molar-refractivity contribution in [3.05, 3.63) is 0 Å². The number of ether oxygens (including phenoxy) is 1. The van der Waals surface area contributed by atoms with Gasteiger partial charge >= 0.3 is 16.3 Å². The van der Waals surface area contributed by atoms with Crippen LogP contribution in [0.15, 0.2) is 0 Å². The van der Waals surface area contributed by atoms with E-state index in [1.54, 1.807) is 0 Å². The molecule has 1 fully saturated rings. The van der Waals surface area contributed by atoms with Gasteiger partial charge in [-0.3, -0.25) is 0 Å². The van der Waals surface area contributed by atoms with Crippen molar-refractivity contribution in [1.82, 2.24) is 9.03 Å². The SMILES string of the molecule is CCC1CCN(S(=O)(=O)NC(=O)OC)C(CN)C1. The second-order valence-corrected chi connectivity index (χ2v) is 6.02. The van der Waals surface area contributed by atoms with Crippen molar-refractivity contribution >= 4 is 16.3 Å². The highest BCUT2D eigenvalue weighted by Gasteiger charge is 2.35. The standard InChI is InChI=1S/C10H21N3O4S/c1-3-8-4-5-13(9(6-8)7-11)18(15,16)12-10(14)17-2/h8-9H,3-7,11H2,1-2H3,(H,12,14). The van der Waals surface area contributed by atoms with Gasteiger partial charge in [-0.15, -0.1) is 0 Å². The molecule has 2 atom stereocenters. The number of rotatable bonds is 4. The molecular weight excluding hydrogens is 258 g/mol. The predicted octanol–water partition coefficient (Wildman–Crippen LogP) is 0.0365. The highest BCUT2D eigenvalue weighted by atomic mass is 32.2. The van der Waals surface area contributed by atoms with Crippen LogP contribution in [0.4, 0.5) is 4.79 Å². The highest BCUT2D eigenvalue weighted by Crippen LogP contribution is 2.26. The predicted molar refractivity (Wildman–Crippen MR) is 67.0 cm³/mol. The Hall–Kier alpha value is -0.860. The van der Waals surface area contributed by atoms with E-state index in [-0.39, 0.29) is 12.6 Å². The maximum Gasteiger partial charge on any atom is 0.421 e. The number of hydrogen-bond acceptors (Lipinski definition) is 5. The van der Waals surface area contributed by atoms with E-state index in [1.807, 2.05) is 4.72 Å². The van der Waals surface area contributed by atoms with Crippen molar-refractivity contribution in [2.75, 3.05) is 20.2 Å². The third-order valence-electron chi connectivity index (χ3n) is 3.33. The average molecular weight is 279 g/mol. The minimum absolute atomic E-state index is 0.249. The molecule has 0 aliphatic carbocycles. The topological polar surface area (TPSA) is 102 Å². The molecule has 1 rings (SSSR count). The Morgan fingerprint density at radius 3 is 2.72 bits per heavy atom. The van der Waals surface area contributed by atoms with Crippen LogP contribution in [0.2, 0.25) is 0 Å². The molecule has 1 heterocycles. The molecule has 7 nitrogen and oxygen atoms in total. The Kier molecular flexibility index (Phi) is 5.36. The number of piperidine rings is 1. The molecule has 8 heteroatoms. The summed E-state index contributed by atoms with van der Waals surface area (Å²) in [6.45, 7) is 2.71. The van der Waals surface area contributed by atoms with E-state index >= 15 is 0 Å². The zero-order valence-corrected chi connectivity index (χ0v) is 11.6. The van der Waals surface area contributed by atoms with Gasteiger partial charge in [0.05, 0.1) is 7.11 Å². The van der Waals surface area contributed by atoms with Crippen LogP contribution in [0, 0.1) is 5.92 Å². The number of nitrogens with one attached hydrogen (secondary N) is 1. The third-order valence-corrected chi connectivity index (χ3v) is 4.85. The van der Waals surface area contributed by atoms with Gasteiger partial charge in [0, 0.05) is 19.1 Å². The highest BCUT2D eigenvalue weighted by molar-refractivity contribution is 7.87. The minimum atomic E-state index is -3.86. The van der Waals surface area contributed by atoms with Gasteiger partial charge < -0.3 is 10.5 Å². The largest absolute Gasteiger partial charge is 0.452 e. The van der Waals surface area contributed by atoms with Crippen molar-refractivity contribution in [2.45, 2.75) is 32.2 Å². The Morgan fingerprint density at radius 1 is 1.56 bits per heavy atom. The smallest absolute Gasteiger partial charge is 0.421 e. The van der Waals surface area contributed by atoms with E-state index in [0.29, 0.717) is 12.5 Å². The summed E-state index contributed by atoms with van der Waals surface area (Å²) in [5.41, 5.74) is 5.62. The molecule has 0 aromatic carbocycles. The zero-order chi connectivity index (χ0) is 13.8. The lowest BCUT2D eigenvalue weighted by molar-refractivity contribution is 0.172. The zero-order valence-electron chi connectivity index (χ0n) is 10.8. The first kappa shape index (κ1) is 15.2. The van der Waals surface area contributed by atoms with Crippen molar-refractivity contribution in [3.8, 4) is 0 Å². The molecule has 1 saturated heterocycles. The van der Waals surface area contributed by atoms with Gasteiger partial charge in [-0.1, -0.05) is 13.3 Å². The molecule has 0 saturated carbocycles. The number of amides is 1. The summed E-state index contributed by atoms with van der Waals surface area (Å²) < 4.78 is 31.4. The molecule has 3 N–H and O–H groups in total. The van der Waals surface area contributed by atoms with E-state index in [9.17, 15) is 13.2 Å². The molecule has 1 amide bonds. The van der Waals surface area contributed by atoms with Crippen LogP contribution in [-0.4, -0.2) is 45.1 Å². The Labute approximate surface area is 108 Å². The lowest BCUT2D eigenvalue weighted by Crippen LogP contribution is -2.54. The average Bonchev–Trinajstić information content (AvgIpc) is 2.37. The van der Waals surface area contributed by atoms with E-state index in [0.717, 1.165) is 26.4 Å². The van der Waals surface area contributed by atoms with Crippen molar-refractivity contribution < 1.29 is 17.9 Å². The van der Waals surface area contributed by atoms with Gasteiger partial charge in [0.15, 0.2) is 0 Å². The van der Waals surface area contributed by atoms with Crippen LogP contribution >= 0.6 is 0 Å². The van der Waals surface area contributed by atoms with Crippen LogP contribution in [0.25, 0.3) is 0 Å². The Morgan fingerprint density at radius 2 is 2.22 bits per heavy atom. The van der Waals surface area contributed by atoms with Gasteiger partial charge in [0.2, 0.25) is 0 Å². The van der Waals surface area contributed by atoms with Crippen LogP contribution in [0.3, 0.4) is 0 Å². The maximum absolute atomic E-state index is 12.0. The summed E-state index contributed by atoms with van der Waals surface area (Å²) in [5, 5.41) is 0. The molecule has 0 bridgehead atoms. The lowest BCUT2D eigenvalue weighted by Gasteiger charge is -2.37. The monoisotopic (exact) mass is 279 g/mol. The summed E-state index contributed by atoms with van der Waals surface area (Å²) in [5.74, 6) is 0.489. The number of methoxy groups -OCH3 is 1. The van der Waals surface area contributed by atoms with Crippen molar-refractivity contribution in [1.29, 1.82) is 0 Å². The quantitative estimate of drug-likeness (QED) is 0.756. The molecule has 0 aromatic heterocycles. The number of carbonyl (C=O) groups excluding carboxylic acids is 1. The number of nitrogens with two attached hydrogens (primary N) is 1. The molecule has 18 heavy (non-hydrogen) atoms.